The minimum absolute atomic E-state index is 0. The molecular weight excluding hydrogens is 1530 g/mol. The van der Waals surface area contributed by atoms with Crippen LogP contribution >= 0.6 is 0 Å². The molecule has 638 valence electrons. The second-order valence-electron chi connectivity index (χ2n) is 29.3. The summed E-state index contributed by atoms with van der Waals surface area (Å²) in [7, 11) is 0. The predicted octanol–water partition coefficient (Wildman–Crippen LogP) is -5.78. The lowest BCUT2D eigenvalue weighted by molar-refractivity contribution is -0.162. The fourth-order valence-electron chi connectivity index (χ4n) is 10.9. The number of hydrogen-bond acceptors (Lipinski definition) is 38. The van der Waals surface area contributed by atoms with Gasteiger partial charge < -0.3 is 95.7 Å². The lowest BCUT2D eigenvalue weighted by Crippen LogP contribution is -2.48. The van der Waals surface area contributed by atoms with Crippen molar-refractivity contribution in [3.8, 4) is 0 Å². The molecule has 0 saturated carbocycles. The van der Waals surface area contributed by atoms with Gasteiger partial charge in [-0.05, 0) is 99.1 Å². The van der Waals surface area contributed by atoms with Crippen LogP contribution in [0, 0.1) is 16.3 Å². The summed E-state index contributed by atoms with van der Waals surface area (Å²) >= 11 is 0. The van der Waals surface area contributed by atoms with E-state index in [2.05, 4.69) is 15.0 Å². The molecule has 19 N–H and O–H groups in total. The van der Waals surface area contributed by atoms with Crippen LogP contribution in [0.4, 0.5) is 0 Å². The monoisotopic (exact) mass is 1630 g/mol. The Balaban J connectivity index is 0.000000597. The number of nitrogens with two attached hydrogens (primary N) is 1. The molecule has 50 nitrogen and oxygen atoms in total. The molecule has 4 aromatic rings. The van der Waals surface area contributed by atoms with E-state index in [0.717, 1.165) is 61.1 Å². The second-order valence-corrected chi connectivity index (χ2v) is 29.3. The standard InChI is InChI=1S/C37H63N5O13.C9H11N5O5.C9H13N3O5.C9H12N2O6.HN3.N2.H3N/c1-34(2,3)52-26(44)20-40(21-27(45)53-35(4,5)6)17-15-39(19-24-30(48)31(49)32(51-24)42-14-13-25(43)38-33(42)50)16-18-41(22-28(46)54-36(7,8)9)23-29(47)55-37(10,11)12;10-13-11-3-4-6(16)7(17)8(19-4)14-2-1-5(15)12-9(14)18;10-3-4-6(14)7(15)8(17-4)12-2-1-5(13)11-9(12)16;12-3-4-6(14)7(15)8(17-4)11-2-1-5(13)10-9(11)16;1-3-2;1-2;/h13-14,24,30-32,48-49H,15-23H2,1-12H3,(H,38,43,50);1-2,4,6-8,16-17H,3H2,(H,12,15,18);1-2,4,6-8,14-15H,3,10H2,(H,11,13,16);1-2,4,6-8,12,14-15H,3H2,(H,10,13,16);1H;;1H3/t24-,30+,31?,32-;3*4-,6+,7?,8-;;;/m1111.../s1. The maximum Gasteiger partial charge on any atom is 0.330 e. The van der Waals surface area contributed by atoms with Crippen LogP contribution in [0.15, 0.2) is 92.5 Å². The van der Waals surface area contributed by atoms with Gasteiger partial charge in [0.1, 0.15) is 89.5 Å². The van der Waals surface area contributed by atoms with Gasteiger partial charge >= 0.3 is 46.6 Å². The van der Waals surface area contributed by atoms with E-state index in [0.29, 0.717) is 0 Å². The van der Waals surface area contributed by atoms with Gasteiger partial charge in [0.05, 0.1) is 45.4 Å². The van der Waals surface area contributed by atoms with Crippen molar-refractivity contribution >= 4 is 23.9 Å². The summed E-state index contributed by atoms with van der Waals surface area (Å²) in [4.78, 5) is 160. The number of carbonyl (C=O) groups excluding carboxylic acids is 4. The third kappa shape index (κ3) is 32.1. The van der Waals surface area contributed by atoms with Crippen LogP contribution < -0.4 is 56.9 Å². The molecule has 4 fully saturated rings. The molecule has 4 aliphatic rings. The van der Waals surface area contributed by atoms with Gasteiger partial charge in [-0.2, -0.15) is 0 Å². The Hall–Kier alpha value is -10.1. The highest BCUT2D eigenvalue weighted by Crippen LogP contribution is 2.32. The average molecular weight is 1630 g/mol. The molecule has 4 saturated heterocycles. The minimum atomic E-state index is -1.55. The Morgan fingerprint density at radius 3 is 0.939 bits per heavy atom. The fraction of sp³-hybridized carbons (Fsp3) is 0.688. The highest BCUT2D eigenvalue weighted by Gasteiger charge is 2.48. The molecule has 8 rings (SSSR count). The molecule has 0 aromatic carbocycles. The van der Waals surface area contributed by atoms with E-state index in [4.69, 9.17) is 76.1 Å². The van der Waals surface area contributed by atoms with Crippen LogP contribution in [0.5, 0.6) is 0 Å². The topological polar surface area (TPSA) is 771 Å². The van der Waals surface area contributed by atoms with E-state index < -0.39 is 196 Å². The molecule has 0 radical (unpaired) electrons. The molecule has 50 heteroatoms. The molecule has 0 bridgehead atoms. The van der Waals surface area contributed by atoms with E-state index in [-0.39, 0.29) is 78.1 Å². The van der Waals surface area contributed by atoms with Gasteiger partial charge in [0.2, 0.25) is 0 Å². The largest absolute Gasteiger partial charge is 0.459 e. The SMILES string of the molecule is CC(C)(C)OC(=O)CN(CCN(CCN(CC(=O)OC(C)(C)C)CC(=O)OC(C)(C)C)C[C@H]1O[C@@H](n2ccc(=O)[nH]c2=O)C(O)[C@H]1O)CC(=O)OC(C)(C)C.N.N#N.NC[C@H]1O[C@@H](n2ccc(=O)[nH]c2=O)C(O)[C@H]1O.O=c1ccn([C@@H]2O[C@H](CO)[C@H](O)C2O)c(=O)[nH]1.[N-]=[N+]=N.[N-]=[N+]=NC[C@H]1O[C@@H](n2ccc(=O)[nH]c2=O)C(O)[C@H]1O. The van der Waals surface area contributed by atoms with Crippen LogP contribution in [0.1, 0.15) is 108 Å². The summed E-state index contributed by atoms with van der Waals surface area (Å²) < 4.78 is 47.6. The number of hydrogen-bond donors (Lipinski definition) is 16. The van der Waals surface area contributed by atoms with E-state index in [1.54, 1.807) is 103 Å². The van der Waals surface area contributed by atoms with E-state index in [1.807, 2.05) is 15.0 Å². The summed E-state index contributed by atoms with van der Waals surface area (Å²) in [5.74, 6) is -2.29. The van der Waals surface area contributed by atoms with Gasteiger partial charge in [-0.1, -0.05) is 5.11 Å². The van der Waals surface area contributed by atoms with Crippen molar-refractivity contribution in [3.05, 3.63) is 153 Å². The van der Waals surface area contributed by atoms with Gasteiger partial charge in [-0.25, -0.2) is 19.2 Å². The third-order valence-electron chi connectivity index (χ3n) is 15.6. The summed E-state index contributed by atoms with van der Waals surface area (Å²) in [5.41, 5.74) is 17.2. The number of aromatic nitrogens is 8. The highest BCUT2D eigenvalue weighted by atomic mass is 16.6. The molecule has 8 heterocycles. The number of nitrogens with zero attached hydrogens (tertiary/aromatic N) is 14. The second kappa shape index (κ2) is 45.1. The van der Waals surface area contributed by atoms with Crippen LogP contribution in [-0.4, -0.2) is 297 Å². The number of ether oxygens (including phenoxy) is 8. The molecule has 4 unspecified atom stereocenters. The van der Waals surface area contributed by atoms with Gasteiger partial charge in [0.15, 0.2) is 24.9 Å². The number of rotatable bonds is 24. The first-order valence-electron chi connectivity index (χ1n) is 34.4. The number of carbonyl (C=O) groups is 4. The normalized spacial score (nSPS) is 24.3. The highest BCUT2D eigenvalue weighted by molar-refractivity contribution is 5.76. The van der Waals surface area contributed by atoms with Gasteiger partial charge in [-0.3, -0.25) is 91.3 Å². The Morgan fingerprint density at radius 1 is 0.465 bits per heavy atom. The number of aliphatic hydroxyl groups is 9. The first-order chi connectivity index (χ1) is 52.5. The summed E-state index contributed by atoms with van der Waals surface area (Å²) in [6.45, 7) is 19.5. The summed E-state index contributed by atoms with van der Waals surface area (Å²) in [6.07, 6.45) is -14.5. The third-order valence-corrected chi connectivity index (χ3v) is 15.6. The molecular formula is C64H103N21O29. The smallest absolute Gasteiger partial charge is 0.330 e. The van der Waals surface area contributed by atoms with Crippen LogP contribution in [0.2, 0.25) is 0 Å². The lowest BCUT2D eigenvalue weighted by atomic mass is 10.1. The van der Waals surface area contributed by atoms with E-state index in [1.165, 1.54) is 6.20 Å². The molecule has 114 heavy (non-hydrogen) atoms. The quantitative estimate of drug-likeness (QED) is 0.00776. The fourth-order valence-corrected chi connectivity index (χ4v) is 10.9. The molecule has 0 aliphatic carbocycles. The van der Waals surface area contributed by atoms with Crippen molar-refractivity contribution in [2.45, 2.75) is 204 Å². The van der Waals surface area contributed by atoms with E-state index in [9.17, 15) is 98.4 Å². The lowest BCUT2D eigenvalue weighted by Gasteiger charge is -2.32. The van der Waals surface area contributed by atoms with Gasteiger partial charge in [-0.15, -0.1) is 5.53 Å². The molecule has 4 aliphatic heterocycles. The van der Waals surface area contributed by atoms with Crippen LogP contribution in [-0.2, 0) is 57.1 Å². The maximum absolute atomic E-state index is 12.9. The number of H-pyrrole nitrogens is 4. The summed E-state index contributed by atoms with van der Waals surface area (Å²) in [5, 5.41) is 104. The first kappa shape index (κ1) is 100.0. The number of nitrogens with one attached hydrogen (secondary N) is 5. The average Bonchev–Trinajstić information content (AvgIpc) is 1.67. The predicted molar refractivity (Wildman–Crippen MR) is 390 cm³/mol. The van der Waals surface area contributed by atoms with Crippen molar-refractivity contribution in [3.63, 3.8) is 0 Å². The van der Waals surface area contributed by atoms with Gasteiger partial charge in [0, 0.05) is 104 Å². The number of azide groups is 1. The minimum Gasteiger partial charge on any atom is -0.459 e. The van der Waals surface area contributed by atoms with Crippen LogP contribution in [0.3, 0.4) is 0 Å². The van der Waals surface area contributed by atoms with Crippen molar-refractivity contribution in [2.24, 2.45) is 10.8 Å². The Bertz CT molecular complexity index is 4150. The van der Waals surface area contributed by atoms with Crippen molar-refractivity contribution < 1.29 is 103 Å². The number of aliphatic hydroxyl groups excluding tert-OH is 9. The van der Waals surface area contributed by atoms with E-state index >= 15 is 0 Å². The summed E-state index contributed by atoms with van der Waals surface area (Å²) in [6, 6.07) is 4.39. The zero-order valence-corrected chi connectivity index (χ0v) is 64.6. The molecule has 0 spiro atoms. The Labute approximate surface area is 646 Å². The van der Waals surface area contributed by atoms with Crippen molar-refractivity contribution in [2.75, 3.05) is 78.6 Å². The van der Waals surface area contributed by atoms with Crippen molar-refractivity contribution in [1.82, 2.24) is 59.1 Å². The molecule has 4 aromatic heterocycles. The van der Waals surface area contributed by atoms with Crippen molar-refractivity contribution in [1.29, 1.82) is 16.3 Å². The number of esters is 4. The Morgan fingerprint density at radius 2 is 0.702 bits per heavy atom. The maximum atomic E-state index is 12.9. The zero-order chi connectivity index (χ0) is 86.0. The molecule has 16 atom stereocenters. The zero-order valence-electron chi connectivity index (χ0n) is 64.6. The van der Waals surface area contributed by atoms with Crippen LogP contribution in [0.25, 0.3) is 20.9 Å². The Kier molecular flexibility index (Phi) is 39.6. The van der Waals surface area contributed by atoms with Gasteiger partial charge in [0.25, 0.3) is 22.2 Å². The number of aromatic amines is 4. The molecule has 0 amide bonds. The first-order valence-corrected chi connectivity index (χ1v) is 34.4.